The number of carbonyl (C=O) groups excluding carboxylic acids is 5. The standard InChI is InChI=1S/C28H42N2O10/c1-16(2)23(31)36-10-11-37-26(34)29-14-20-12-21(13-28(8,9)19(20)7)30-27(35)40-22(39-25(33)18(5)6)15-38-24(32)17(3)4/h19-22H,1,3,5,10-15H2,2,4,6-9H3,(H,29,34)(H,30,35). The van der Waals surface area contributed by atoms with Gasteiger partial charge in [-0.25, -0.2) is 24.0 Å². The van der Waals surface area contributed by atoms with Crippen LogP contribution in [0.25, 0.3) is 0 Å². The minimum atomic E-state index is -1.50. The van der Waals surface area contributed by atoms with E-state index < -0.39 is 43.0 Å². The molecule has 0 bridgehead atoms. The van der Waals surface area contributed by atoms with Crippen LogP contribution in [0.1, 0.15) is 54.4 Å². The molecule has 0 spiro atoms. The van der Waals surface area contributed by atoms with Gasteiger partial charge in [0.25, 0.3) is 6.29 Å². The monoisotopic (exact) mass is 566 g/mol. The first-order valence-electron chi connectivity index (χ1n) is 12.9. The Morgan fingerprint density at radius 2 is 1.38 bits per heavy atom. The summed E-state index contributed by atoms with van der Waals surface area (Å²) in [5.41, 5.74) is 0.249. The predicted octanol–water partition coefficient (Wildman–Crippen LogP) is 3.56. The number of hydrogen-bond donors (Lipinski definition) is 2. The zero-order valence-corrected chi connectivity index (χ0v) is 24.3. The molecule has 1 aliphatic rings. The average Bonchev–Trinajstić information content (AvgIpc) is 2.85. The summed E-state index contributed by atoms with van der Waals surface area (Å²) in [7, 11) is 0. The molecule has 4 unspecified atom stereocenters. The Balaban J connectivity index is 2.71. The van der Waals surface area contributed by atoms with Crippen LogP contribution in [0.15, 0.2) is 36.5 Å². The lowest BCUT2D eigenvalue weighted by atomic mass is 9.63. The molecule has 0 aliphatic heterocycles. The molecule has 12 nitrogen and oxygen atoms in total. The van der Waals surface area contributed by atoms with Crippen LogP contribution in [0.4, 0.5) is 9.59 Å². The van der Waals surface area contributed by atoms with E-state index in [4.69, 9.17) is 23.7 Å². The van der Waals surface area contributed by atoms with Crippen LogP contribution in [-0.4, -0.2) is 68.8 Å². The summed E-state index contributed by atoms with van der Waals surface area (Å²) < 4.78 is 25.3. The molecular weight excluding hydrogens is 524 g/mol. The number of carbonyl (C=O) groups is 5. The Labute approximate surface area is 235 Å². The van der Waals surface area contributed by atoms with Gasteiger partial charge in [0.1, 0.15) is 13.2 Å². The van der Waals surface area contributed by atoms with Crippen LogP contribution in [0.2, 0.25) is 0 Å². The molecular formula is C28H42N2O10. The van der Waals surface area contributed by atoms with Crippen molar-refractivity contribution in [2.75, 3.05) is 26.4 Å². The van der Waals surface area contributed by atoms with Crippen molar-refractivity contribution >= 4 is 30.1 Å². The van der Waals surface area contributed by atoms with E-state index in [0.29, 0.717) is 12.8 Å². The number of amides is 2. The maximum Gasteiger partial charge on any atom is 0.410 e. The predicted molar refractivity (Wildman–Crippen MR) is 145 cm³/mol. The van der Waals surface area contributed by atoms with E-state index in [2.05, 4.69) is 51.1 Å². The van der Waals surface area contributed by atoms with Gasteiger partial charge in [-0.2, -0.15) is 0 Å². The molecule has 12 heteroatoms. The number of hydrogen-bond acceptors (Lipinski definition) is 10. The van der Waals surface area contributed by atoms with Crippen molar-refractivity contribution in [3.05, 3.63) is 36.5 Å². The second kappa shape index (κ2) is 15.7. The highest BCUT2D eigenvalue weighted by molar-refractivity contribution is 5.88. The molecule has 0 aromatic rings. The molecule has 40 heavy (non-hydrogen) atoms. The molecule has 1 saturated carbocycles. The van der Waals surface area contributed by atoms with E-state index >= 15 is 0 Å². The second-order valence-electron chi connectivity index (χ2n) is 10.7. The van der Waals surface area contributed by atoms with Crippen molar-refractivity contribution < 1.29 is 47.7 Å². The van der Waals surface area contributed by atoms with E-state index in [9.17, 15) is 24.0 Å². The SMILES string of the molecule is C=C(C)C(=O)OCCOC(=O)NCC1CC(NC(=O)OC(COC(=O)C(=C)C)OC(=O)C(=C)C)CC(C)(C)C1C. The van der Waals surface area contributed by atoms with Crippen LogP contribution in [0, 0.1) is 17.3 Å². The van der Waals surface area contributed by atoms with Crippen LogP contribution in [0.3, 0.4) is 0 Å². The van der Waals surface area contributed by atoms with Gasteiger partial charge in [0.05, 0.1) is 0 Å². The van der Waals surface area contributed by atoms with Gasteiger partial charge in [-0.3, -0.25) is 0 Å². The lowest BCUT2D eigenvalue weighted by Crippen LogP contribution is -2.50. The second-order valence-corrected chi connectivity index (χ2v) is 10.7. The molecule has 4 atom stereocenters. The Bertz CT molecular complexity index is 1000. The van der Waals surface area contributed by atoms with Gasteiger partial charge in [0, 0.05) is 29.3 Å². The number of nitrogens with one attached hydrogen (secondary N) is 2. The molecule has 0 saturated heterocycles. The Hall–Kier alpha value is -3.83. The minimum absolute atomic E-state index is 0.0172. The van der Waals surface area contributed by atoms with E-state index in [-0.39, 0.29) is 59.8 Å². The van der Waals surface area contributed by atoms with Crippen LogP contribution >= 0.6 is 0 Å². The molecule has 1 fully saturated rings. The lowest BCUT2D eigenvalue weighted by Gasteiger charge is -2.46. The lowest BCUT2D eigenvalue weighted by molar-refractivity contribution is -0.177. The van der Waals surface area contributed by atoms with E-state index in [1.54, 1.807) is 0 Å². The fraction of sp³-hybridized carbons (Fsp3) is 0.607. The topological polar surface area (TPSA) is 156 Å². The molecule has 0 aromatic carbocycles. The summed E-state index contributed by atoms with van der Waals surface area (Å²) >= 11 is 0. The maximum atomic E-state index is 12.7. The van der Waals surface area contributed by atoms with Gasteiger partial charge in [-0.1, -0.05) is 40.5 Å². The summed E-state index contributed by atoms with van der Waals surface area (Å²) in [4.78, 5) is 59.9. The highest BCUT2D eigenvalue weighted by atomic mass is 16.7. The fourth-order valence-electron chi connectivity index (χ4n) is 4.04. The van der Waals surface area contributed by atoms with Crippen molar-refractivity contribution in [2.45, 2.75) is 66.7 Å². The molecule has 2 amide bonds. The summed E-state index contributed by atoms with van der Waals surface area (Å²) in [5, 5.41) is 5.51. The van der Waals surface area contributed by atoms with Gasteiger partial charge < -0.3 is 34.3 Å². The third-order valence-corrected chi connectivity index (χ3v) is 6.55. The Kier molecular flexibility index (Phi) is 13.4. The molecule has 0 heterocycles. The van der Waals surface area contributed by atoms with Crippen LogP contribution in [0.5, 0.6) is 0 Å². The van der Waals surface area contributed by atoms with Crippen molar-refractivity contribution in [1.29, 1.82) is 0 Å². The maximum absolute atomic E-state index is 12.7. The fourth-order valence-corrected chi connectivity index (χ4v) is 4.04. The minimum Gasteiger partial charge on any atom is -0.459 e. The number of ether oxygens (including phenoxy) is 5. The number of esters is 3. The molecule has 1 aliphatic carbocycles. The Morgan fingerprint density at radius 3 is 1.95 bits per heavy atom. The largest absolute Gasteiger partial charge is 0.459 e. The molecule has 1 rings (SSSR count). The third kappa shape index (κ3) is 11.9. The molecule has 0 aromatic heterocycles. The highest BCUT2D eigenvalue weighted by Gasteiger charge is 2.41. The third-order valence-electron chi connectivity index (χ3n) is 6.55. The van der Waals surface area contributed by atoms with E-state index in [1.165, 1.54) is 20.8 Å². The first-order valence-corrected chi connectivity index (χ1v) is 12.9. The van der Waals surface area contributed by atoms with Gasteiger partial charge in [-0.05, 0) is 50.9 Å². The van der Waals surface area contributed by atoms with E-state index in [0.717, 1.165) is 0 Å². The average molecular weight is 567 g/mol. The smallest absolute Gasteiger partial charge is 0.410 e. The summed E-state index contributed by atoms with van der Waals surface area (Å²) in [6.07, 6.45) is -1.87. The van der Waals surface area contributed by atoms with Gasteiger partial charge in [0.2, 0.25) is 0 Å². The normalized spacial score (nSPS) is 20.1. The summed E-state index contributed by atoms with van der Waals surface area (Å²) in [5.74, 6) is -1.94. The van der Waals surface area contributed by atoms with Gasteiger partial charge in [-0.15, -0.1) is 0 Å². The first-order chi connectivity index (χ1) is 18.5. The zero-order chi connectivity index (χ0) is 30.6. The summed E-state index contributed by atoms with van der Waals surface area (Å²) in [6.45, 7) is 20.6. The van der Waals surface area contributed by atoms with Crippen molar-refractivity contribution in [3.63, 3.8) is 0 Å². The van der Waals surface area contributed by atoms with Crippen molar-refractivity contribution in [1.82, 2.24) is 10.6 Å². The number of alkyl carbamates (subject to hydrolysis) is 2. The van der Waals surface area contributed by atoms with Crippen LogP contribution in [-0.2, 0) is 38.1 Å². The van der Waals surface area contributed by atoms with Gasteiger partial charge in [0.15, 0.2) is 6.61 Å². The number of rotatable bonds is 13. The Morgan fingerprint density at radius 1 is 0.825 bits per heavy atom. The van der Waals surface area contributed by atoms with Crippen molar-refractivity contribution in [2.24, 2.45) is 17.3 Å². The van der Waals surface area contributed by atoms with Gasteiger partial charge >= 0.3 is 30.1 Å². The van der Waals surface area contributed by atoms with Crippen LogP contribution < -0.4 is 10.6 Å². The quantitative estimate of drug-likeness (QED) is 0.111. The highest BCUT2D eigenvalue weighted by Crippen LogP contribution is 2.43. The molecule has 224 valence electrons. The van der Waals surface area contributed by atoms with E-state index in [1.807, 2.05) is 0 Å². The molecule has 0 radical (unpaired) electrons. The summed E-state index contributed by atoms with van der Waals surface area (Å²) in [6, 6.07) is -0.321. The first kappa shape index (κ1) is 34.2. The zero-order valence-electron chi connectivity index (χ0n) is 24.3. The molecule has 2 N–H and O–H groups in total. The van der Waals surface area contributed by atoms with Crippen molar-refractivity contribution in [3.8, 4) is 0 Å².